The van der Waals surface area contributed by atoms with Crippen LogP contribution in [0.15, 0.2) is 61.1 Å². The molecule has 138 valence electrons. The van der Waals surface area contributed by atoms with E-state index in [0.29, 0.717) is 11.3 Å². The zero-order valence-corrected chi connectivity index (χ0v) is 14.4. The Morgan fingerprint density at radius 1 is 1.15 bits per heavy atom. The molecule has 7 heteroatoms. The number of imidazole rings is 1. The van der Waals surface area contributed by atoms with E-state index in [1.807, 2.05) is 12.1 Å². The summed E-state index contributed by atoms with van der Waals surface area (Å²) in [7, 11) is 0. The number of aliphatic carboxylic acids is 1. The number of carboxylic acid groups (broad SMARTS) is 1. The number of hydrogen-bond acceptors (Lipinski definition) is 3. The van der Waals surface area contributed by atoms with Crippen molar-refractivity contribution >= 4 is 17.6 Å². The maximum absolute atomic E-state index is 13.4. The molecule has 6 nitrogen and oxygen atoms in total. The number of anilines is 1. The second-order valence-electron chi connectivity index (χ2n) is 6.14. The molecule has 0 saturated carbocycles. The minimum absolute atomic E-state index is 0.0575. The zero-order chi connectivity index (χ0) is 19.2. The van der Waals surface area contributed by atoms with Crippen LogP contribution >= 0.6 is 0 Å². The van der Waals surface area contributed by atoms with Crippen LogP contribution in [0, 0.1) is 5.82 Å². The molecule has 1 aromatic heterocycles. The Labute approximate surface area is 155 Å². The molecule has 3 aromatic rings. The normalized spacial score (nSPS) is 11.7. The third-order valence-electron chi connectivity index (χ3n) is 4.15. The molecule has 0 fully saturated rings. The van der Waals surface area contributed by atoms with Gasteiger partial charge < -0.3 is 15.4 Å². The Kier molecular flexibility index (Phi) is 5.61. The number of H-pyrrole nitrogens is 1. The van der Waals surface area contributed by atoms with Crippen molar-refractivity contribution in [2.24, 2.45) is 0 Å². The van der Waals surface area contributed by atoms with Crippen molar-refractivity contribution in [3.05, 3.63) is 72.4 Å². The average Bonchev–Trinajstić information content (AvgIpc) is 3.16. The van der Waals surface area contributed by atoms with Gasteiger partial charge >= 0.3 is 5.97 Å². The highest BCUT2D eigenvalue weighted by Crippen LogP contribution is 2.25. The highest BCUT2D eigenvalue weighted by molar-refractivity contribution is 5.91. The fraction of sp³-hybridized carbons (Fsp3) is 0.150. The molecule has 0 saturated heterocycles. The van der Waals surface area contributed by atoms with Gasteiger partial charge in [-0.15, -0.1) is 0 Å². The van der Waals surface area contributed by atoms with Gasteiger partial charge in [0.15, 0.2) is 0 Å². The maximum atomic E-state index is 13.4. The molecule has 2 aromatic carbocycles. The second kappa shape index (κ2) is 8.27. The van der Waals surface area contributed by atoms with Crippen LogP contribution in [-0.2, 0) is 9.59 Å². The summed E-state index contributed by atoms with van der Waals surface area (Å²) >= 11 is 0. The number of nitrogens with zero attached hydrogens (tertiary/aromatic N) is 1. The third-order valence-corrected chi connectivity index (χ3v) is 4.15. The summed E-state index contributed by atoms with van der Waals surface area (Å²) in [4.78, 5) is 30.4. The first-order valence-electron chi connectivity index (χ1n) is 8.37. The van der Waals surface area contributed by atoms with E-state index >= 15 is 0 Å². The molecule has 27 heavy (non-hydrogen) atoms. The van der Waals surface area contributed by atoms with Crippen molar-refractivity contribution in [1.82, 2.24) is 9.97 Å². The fourth-order valence-electron chi connectivity index (χ4n) is 2.86. The summed E-state index contributed by atoms with van der Waals surface area (Å²) in [6.07, 6.45) is 2.97. The number of halogens is 1. The van der Waals surface area contributed by atoms with Gasteiger partial charge in [-0.1, -0.05) is 24.3 Å². The predicted molar refractivity (Wildman–Crippen MR) is 98.7 cm³/mol. The number of hydrogen-bond donors (Lipinski definition) is 3. The number of carbonyl (C=O) groups excluding carboxylic acids is 1. The SMILES string of the molecule is O=C(O)CC(CC(=O)Nc1ccc(-c2cnc[nH]2)cc1)c1cccc(F)c1. The van der Waals surface area contributed by atoms with Gasteiger partial charge in [-0.2, -0.15) is 0 Å². The maximum Gasteiger partial charge on any atom is 0.303 e. The monoisotopic (exact) mass is 367 g/mol. The average molecular weight is 367 g/mol. The molecule has 3 rings (SSSR count). The first-order chi connectivity index (χ1) is 13.0. The summed E-state index contributed by atoms with van der Waals surface area (Å²) < 4.78 is 13.4. The number of aromatic amines is 1. The molecule has 1 unspecified atom stereocenters. The third kappa shape index (κ3) is 5.01. The molecule has 0 aliphatic rings. The van der Waals surface area contributed by atoms with Crippen LogP contribution in [0.2, 0.25) is 0 Å². The van der Waals surface area contributed by atoms with Gasteiger partial charge in [-0.05, 0) is 35.4 Å². The zero-order valence-electron chi connectivity index (χ0n) is 14.4. The van der Waals surface area contributed by atoms with Gasteiger partial charge in [0, 0.05) is 18.0 Å². The van der Waals surface area contributed by atoms with Crippen molar-refractivity contribution in [2.45, 2.75) is 18.8 Å². The molecule has 0 aliphatic heterocycles. The first-order valence-corrected chi connectivity index (χ1v) is 8.37. The van der Waals surface area contributed by atoms with Crippen molar-refractivity contribution in [2.75, 3.05) is 5.32 Å². The number of carboxylic acids is 1. The van der Waals surface area contributed by atoms with Gasteiger partial charge in [-0.25, -0.2) is 9.37 Å². The Hall–Kier alpha value is -3.48. The highest BCUT2D eigenvalue weighted by Gasteiger charge is 2.20. The van der Waals surface area contributed by atoms with Crippen LogP contribution in [0.3, 0.4) is 0 Å². The van der Waals surface area contributed by atoms with Crippen molar-refractivity contribution in [3.63, 3.8) is 0 Å². The highest BCUT2D eigenvalue weighted by atomic mass is 19.1. The lowest BCUT2D eigenvalue weighted by Gasteiger charge is -2.15. The van der Waals surface area contributed by atoms with Gasteiger partial charge in [0.25, 0.3) is 0 Å². The lowest BCUT2D eigenvalue weighted by Crippen LogP contribution is -2.17. The Bertz CT molecular complexity index is 924. The van der Waals surface area contributed by atoms with E-state index < -0.39 is 17.7 Å². The Morgan fingerprint density at radius 2 is 1.93 bits per heavy atom. The van der Waals surface area contributed by atoms with E-state index in [-0.39, 0.29) is 18.7 Å². The van der Waals surface area contributed by atoms with E-state index in [1.165, 1.54) is 18.2 Å². The predicted octanol–water partition coefficient (Wildman–Crippen LogP) is 3.80. The lowest BCUT2D eigenvalue weighted by molar-refractivity contribution is -0.137. The van der Waals surface area contributed by atoms with Gasteiger partial charge in [0.05, 0.1) is 24.6 Å². The topological polar surface area (TPSA) is 95.1 Å². The van der Waals surface area contributed by atoms with Crippen LogP contribution in [0.5, 0.6) is 0 Å². The van der Waals surface area contributed by atoms with Crippen molar-refractivity contribution in [3.8, 4) is 11.3 Å². The first kappa shape index (κ1) is 18.3. The molecule has 1 atom stereocenters. The van der Waals surface area contributed by atoms with Crippen LogP contribution < -0.4 is 5.32 Å². The summed E-state index contributed by atoms with van der Waals surface area (Å²) in [6.45, 7) is 0. The van der Waals surface area contributed by atoms with E-state index in [0.717, 1.165) is 11.3 Å². The van der Waals surface area contributed by atoms with E-state index in [4.69, 9.17) is 5.11 Å². The van der Waals surface area contributed by atoms with E-state index in [1.54, 1.807) is 30.7 Å². The van der Waals surface area contributed by atoms with Gasteiger partial charge in [0.2, 0.25) is 5.91 Å². The lowest BCUT2D eigenvalue weighted by atomic mass is 9.92. The van der Waals surface area contributed by atoms with E-state index in [9.17, 15) is 14.0 Å². The number of amides is 1. The number of benzene rings is 2. The summed E-state index contributed by atoms with van der Waals surface area (Å²) in [5.74, 6) is -2.44. The molecular formula is C20H18FN3O3. The molecule has 0 bridgehead atoms. The van der Waals surface area contributed by atoms with Gasteiger partial charge in [-0.3, -0.25) is 9.59 Å². The summed E-state index contributed by atoms with van der Waals surface area (Å²) in [5.41, 5.74) is 2.87. The standard InChI is InChI=1S/C20H18FN3O3/c21-16-3-1-2-14(8-16)15(10-20(26)27)9-19(25)24-17-6-4-13(5-7-17)18-11-22-12-23-18/h1-8,11-12,15H,9-10H2,(H,22,23)(H,24,25)(H,26,27). The number of aromatic nitrogens is 2. The summed E-state index contributed by atoms with van der Waals surface area (Å²) in [5, 5.41) is 11.9. The number of carbonyl (C=O) groups is 2. The van der Waals surface area contributed by atoms with Crippen LogP contribution in [0.4, 0.5) is 10.1 Å². The number of rotatable bonds is 7. The molecule has 3 N–H and O–H groups in total. The van der Waals surface area contributed by atoms with Crippen LogP contribution in [0.1, 0.15) is 24.3 Å². The minimum atomic E-state index is -1.04. The van der Waals surface area contributed by atoms with Gasteiger partial charge in [0.1, 0.15) is 5.82 Å². The Morgan fingerprint density at radius 3 is 2.56 bits per heavy atom. The molecule has 0 spiro atoms. The van der Waals surface area contributed by atoms with E-state index in [2.05, 4.69) is 15.3 Å². The Balaban J connectivity index is 1.67. The molecule has 1 amide bonds. The smallest absolute Gasteiger partial charge is 0.303 e. The quantitative estimate of drug-likeness (QED) is 0.592. The van der Waals surface area contributed by atoms with Crippen molar-refractivity contribution in [1.29, 1.82) is 0 Å². The number of nitrogens with one attached hydrogen (secondary N) is 2. The fourth-order valence-corrected chi connectivity index (χ4v) is 2.86. The van der Waals surface area contributed by atoms with Crippen LogP contribution in [0.25, 0.3) is 11.3 Å². The summed E-state index contributed by atoms with van der Waals surface area (Å²) in [6, 6.07) is 12.9. The molecular weight excluding hydrogens is 349 g/mol. The van der Waals surface area contributed by atoms with Crippen LogP contribution in [-0.4, -0.2) is 27.0 Å². The molecule has 1 heterocycles. The molecule has 0 aliphatic carbocycles. The largest absolute Gasteiger partial charge is 0.481 e. The van der Waals surface area contributed by atoms with Crippen molar-refractivity contribution < 1.29 is 19.1 Å². The minimum Gasteiger partial charge on any atom is -0.481 e. The molecule has 0 radical (unpaired) electrons. The second-order valence-corrected chi connectivity index (χ2v) is 6.14.